The van der Waals surface area contributed by atoms with Gasteiger partial charge in [-0.3, -0.25) is 9.59 Å². The van der Waals surface area contributed by atoms with Crippen LogP contribution < -0.4 is 10.1 Å². The van der Waals surface area contributed by atoms with Gasteiger partial charge in [0.2, 0.25) is 11.8 Å². The lowest BCUT2D eigenvalue weighted by atomic mass is 9.47. The van der Waals surface area contributed by atoms with E-state index in [9.17, 15) is 9.59 Å². The SMILES string of the molecule is COc1ccc(C(C)(C)NC(=O)C2CC[C@H]3[C@@H]4CCC5N(C)C(=O)CC[C@]5(C)[C@@H]4CC[C@]23C)cc1. The van der Waals surface area contributed by atoms with Crippen molar-refractivity contribution in [3.63, 3.8) is 0 Å². The highest BCUT2D eigenvalue weighted by Crippen LogP contribution is 2.66. The van der Waals surface area contributed by atoms with Crippen LogP contribution in [0.15, 0.2) is 24.3 Å². The van der Waals surface area contributed by atoms with Crippen LogP contribution in [0.5, 0.6) is 5.75 Å². The monoisotopic (exact) mass is 480 g/mol. The molecule has 5 nitrogen and oxygen atoms in total. The maximum Gasteiger partial charge on any atom is 0.224 e. The third-order valence-corrected chi connectivity index (χ3v) is 11.1. The highest BCUT2D eigenvalue weighted by molar-refractivity contribution is 5.81. The topological polar surface area (TPSA) is 58.6 Å². The van der Waals surface area contributed by atoms with Crippen molar-refractivity contribution in [2.75, 3.05) is 14.2 Å². The van der Waals surface area contributed by atoms with Crippen molar-refractivity contribution in [1.82, 2.24) is 10.2 Å². The Morgan fingerprint density at radius 3 is 2.37 bits per heavy atom. The van der Waals surface area contributed by atoms with Crippen LogP contribution in [0.3, 0.4) is 0 Å². The summed E-state index contributed by atoms with van der Waals surface area (Å²) in [5.74, 6) is 3.42. The summed E-state index contributed by atoms with van der Waals surface area (Å²) in [6.07, 6.45) is 8.52. The number of fused-ring (bicyclic) bond motifs is 5. The number of methoxy groups -OCH3 is 1. The molecule has 5 heteroatoms. The fourth-order valence-electron chi connectivity index (χ4n) is 9.06. The van der Waals surface area contributed by atoms with Crippen LogP contribution in [-0.2, 0) is 15.1 Å². The largest absolute Gasteiger partial charge is 0.497 e. The number of hydrogen-bond acceptors (Lipinski definition) is 3. The molecule has 3 saturated carbocycles. The number of carbonyl (C=O) groups is 2. The third kappa shape index (κ3) is 3.79. The van der Waals surface area contributed by atoms with Gasteiger partial charge in [0, 0.05) is 25.4 Å². The Morgan fingerprint density at radius 1 is 1.00 bits per heavy atom. The zero-order chi connectivity index (χ0) is 25.2. The van der Waals surface area contributed by atoms with Crippen LogP contribution in [0.25, 0.3) is 0 Å². The van der Waals surface area contributed by atoms with Crippen molar-refractivity contribution in [3.05, 3.63) is 29.8 Å². The van der Waals surface area contributed by atoms with Crippen molar-refractivity contribution in [1.29, 1.82) is 0 Å². The van der Waals surface area contributed by atoms with Gasteiger partial charge >= 0.3 is 0 Å². The second-order valence-corrected chi connectivity index (χ2v) is 13.0. The molecule has 1 aromatic carbocycles. The molecule has 7 atom stereocenters. The van der Waals surface area contributed by atoms with Crippen LogP contribution >= 0.6 is 0 Å². The first-order valence-corrected chi connectivity index (χ1v) is 13.7. The molecule has 35 heavy (non-hydrogen) atoms. The Hall–Kier alpha value is -2.04. The Balaban J connectivity index is 1.33. The van der Waals surface area contributed by atoms with Crippen LogP contribution in [0.4, 0.5) is 0 Å². The van der Waals surface area contributed by atoms with Crippen molar-refractivity contribution in [2.45, 2.75) is 90.6 Å². The number of ether oxygens (including phenoxy) is 1. The molecule has 2 amide bonds. The van der Waals surface area contributed by atoms with E-state index in [1.807, 2.05) is 19.2 Å². The molecule has 0 spiro atoms. The molecule has 2 unspecified atom stereocenters. The lowest BCUT2D eigenvalue weighted by molar-refractivity contribution is -0.160. The van der Waals surface area contributed by atoms with Gasteiger partial charge in [-0.1, -0.05) is 26.0 Å². The quantitative estimate of drug-likeness (QED) is 0.617. The number of rotatable bonds is 4. The number of hydrogen-bond donors (Lipinski definition) is 1. The van der Waals surface area contributed by atoms with E-state index in [1.165, 1.54) is 12.8 Å². The third-order valence-electron chi connectivity index (χ3n) is 11.1. The average molecular weight is 481 g/mol. The Bertz CT molecular complexity index is 988. The maximum absolute atomic E-state index is 13.8. The van der Waals surface area contributed by atoms with E-state index in [0.29, 0.717) is 36.1 Å². The van der Waals surface area contributed by atoms with Crippen molar-refractivity contribution >= 4 is 11.8 Å². The maximum atomic E-state index is 13.8. The van der Waals surface area contributed by atoms with Gasteiger partial charge in [0.25, 0.3) is 0 Å². The summed E-state index contributed by atoms with van der Waals surface area (Å²) in [6.45, 7) is 9.08. The molecule has 3 aliphatic carbocycles. The Kier molecular flexibility index (Phi) is 6.00. The van der Waals surface area contributed by atoms with Crippen molar-refractivity contribution < 1.29 is 14.3 Å². The van der Waals surface area contributed by atoms with Gasteiger partial charge in [-0.05, 0) is 105 Å². The molecule has 4 fully saturated rings. The lowest BCUT2D eigenvalue weighted by Crippen LogP contribution is -2.61. The second-order valence-electron chi connectivity index (χ2n) is 13.0. The van der Waals surface area contributed by atoms with Gasteiger partial charge in [0.05, 0.1) is 12.6 Å². The van der Waals surface area contributed by atoms with Gasteiger partial charge in [0.1, 0.15) is 5.75 Å². The molecule has 1 saturated heterocycles. The number of likely N-dealkylation sites (tertiary alicyclic amines) is 1. The molecular weight excluding hydrogens is 436 g/mol. The van der Waals surface area contributed by atoms with Crippen molar-refractivity contribution in [3.8, 4) is 5.75 Å². The molecule has 192 valence electrons. The second kappa shape index (κ2) is 8.52. The van der Waals surface area contributed by atoms with Crippen LogP contribution in [0, 0.1) is 34.5 Å². The molecule has 4 aliphatic rings. The molecule has 0 radical (unpaired) electrons. The average Bonchev–Trinajstić information content (AvgIpc) is 3.19. The summed E-state index contributed by atoms with van der Waals surface area (Å²) < 4.78 is 5.30. The number of nitrogens with one attached hydrogen (secondary N) is 1. The molecular formula is C30H44N2O3. The summed E-state index contributed by atoms with van der Waals surface area (Å²) in [6, 6.07) is 8.42. The highest BCUT2D eigenvalue weighted by atomic mass is 16.5. The van der Waals surface area contributed by atoms with Gasteiger partial charge in [-0.15, -0.1) is 0 Å². The predicted octanol–water partition coefficient (Wildman–Crippen LogP) is 5.53. The zero-order valence-corrected chi connectivity index (χ0v) is 22.5. The Labute approximate surface area is 211 Å². The first-order valence-electron chi connectivity index (χ1n) is 13.7. The van der Waals surface area contributed by atoms with E-state index >= 15 is 0 Å². The first kappa shape index (κ1) is 24.6. The molecule has 1 aliphatic heterocycles. The summed E-state index contributed by atoms with van der Waals surface area (Å²) in [5.41, 5.74) is 0.960. The van der Waals surface area contributed by atoms with E-state index in [-0.39, 0.29) is 22.7 Å². The van der Waals surface area contributed by atoms with E-state index in [1.54, 1.807) is 7.11 Å². The molecule has 5 rings (SSSR count). The first-order chi connectivity index (χ1) is 16.5. The zero-order valence-electron chi connectivity index (χ0n) is 22.5. The lowest BCUT2D eigenvalue weighted by Gasteiger charge is -2.61. The number of amides is 2. The Morgan fingerprint density at radius 2 is 1.69 bits per heavy atom. The van der Waals surface area contributed by atoms with Crippen molar-refractivity contribution in [2.24, 2.45) is 34.5 Å². The minimum absolute atomic E-state index is 0.0703. The number of benzene rings is 1. The van der Waals surface area contributed by atoms with Crippen LogP contribution in [-0.4, -0.2) is 36.9 Å². The van der Waals surface area contributed by atoms with E-state index in [2.05, 4.69) is 50.0 Å². The molecule has 0 aromatic heterocycles. The minimum Gasteiger partial charge on any atom is -0.497 e. The predicted molar refractivity (Wildman–Crippen MR) is 138 cm³/mol. The smallest absolute Gasteiger partial charge is 0.224 e. The minimum atomic E-state index is -0.431. The summed E-state index contributed by atoms with van der Waals surface area (Å²) >= 11 is 0. The standard InChI is InChI=1S/C30H44N2O3/c1-28(2,19-7-9-20(35-6)10-8-19)31-27(34)24-13-12-22-21-11-14-25-30(4,18-16-26(33)32(25)5)23(21)15-17-29(22,24)3/h7-10,21-25H,11-18H2,1-6H3,(H,31,34)/t21-,22-,23+,24?,25?,29-,30+/m0/s1. The fourth-order valence-corrected chi connectivity index (χ4v) is 9.06. The number of piperidine rings is 1. The summed E-state index contributed by atoms with van der Waals surface area (Å²) in [7, 11) is 3.70. The number of carbonyl (C=O) groups excluding carboxylic acids is 2. The number of nitrogens with zero attached hydrogens (tertiary/aromatic N) is 1. The molecule has 1 aromatic rings. The molecule has 1 heterocycles. The van der Waals surface area contributed by atoms with Crippen LogP contribution in [0.1, 0.15) is 84.6 Å². The highest BCUT2D eigenvalue weighted by Gasteiger charge is 2.62. The van der Waals surface area contributed by atoms with E-state index < -0.39 is 5.54 Å². The van der Waals surface area contributed by atoms with Gasteiger partial charge in [0.15, 0.2) is 0 Å². The summed E-state index contributed by atoms with van der Waals surface area (Å²) in [4.78, 5) is 28.3. The van der Waals surface area contributed by atoms with Gasteiger partial charge < -0.3 is 15.0 Å². The van der Waals surface area contributed by atoms with Gasteiger partial charge in [-0.2, -0.15) is 0 Å². The van der Waals surface area contributed by atoms with Crippen LogP contribution in [0.2, 0.25) is 0 Å². The fraction of sp³-hybridized carbons (Fsp3) is 0.733. The normalized spacial score (nSPS) is 38.9. The molecule has 1 N–H and O–H groups in total. The van der Waals surface area contributed by atoms with Gasteiger partial charge in [-0.25, -0.2) is 0 Å². The summed E-state index contributed by atoms with van der Waals surface area (Å²) in [5, 5.41) is 3.42. The molecule has 0 bridgehead atoms. The van der Waals surface area contributed by atoms with E-state index in [0.717, 1.165) is 43.4 Å². The van der Waals surface area contributed by atoms with E-state index in [4.69, 9.17) is 4.74 Å².